The van der Waals surface area contributed by atoms with Crippen LogP contribution in [-0.4, -0.2) is 22.7 Å². The van der Waals surface area contributed by atoms with Crippen molar-refractivity contribution in [1.82, 2.24) is 9.47 Å². The van der Waals surface area contributed by atoms with Crippen molar-refractivity contribution < 1.29 is 13.2 Å². The summed E-state index contributed by atoms with van der Waals surface area (Å²) < 4.78 is 40.9. The van der Waals surface area contributed by atoms with Crippen LogP contribution in [0.2, 0.25) is 0 Å². The van der Waals surface area contributed by atoms with Gasteiger partial charge in [-0.1, -0.05) is 13.8 Å². The Labute approximate surface area is 111 Å². The summed E-state index contributed by atoms with van der Waals surface area (Å²) in [4.78, 5) is 1.29. The lowest BCUT2D eigenvalue weighted by Crippen LogP contribution is -2.35. The molecule has 106 valence electrons. The van der Waals surface area contributed by atoms with Gasteiger partial charge in [0, 0.05) is 24.6 Å². The molecule has 0 bridgehead atoms. The first-order chi connectivity index (χ1) is 8.77. The summed E-state index contributed by atoms with van der Waals surface area (Å²) in [7, 11) is 1.49. The molecule has 2 nitrogen and oxygen atoms in total. The predicted octanol–water partition coefficient (Wildman–Crippen LogP) is 4.37. The van der Waals surface area contributed by atoms with Gasteiger partial charge < -0.3 is 9.47 Å². The summed E-state index contributed by atoms with van der Waals surface area (Å²) in [6, 6.07) is 3.58. The Kier molecular flexibility index (Phi) is 3.41. The number of nitrogens with zero attached hydrogens (tertiary/aromatic N) is 2. The summed E-state index contributed by atoms with van der Waals surface area (Å²) in [6.45, 7) is 5.87. The van der Waals surface area contributed by atoms with Crippen LogP contribution in [0.3, 0.4) is 0 Å². The van der Waals surface area contributed by atoms with Crippen LogP contribution in [0.4, 0.5) is 13.2 Å². The van der Waals surface area contributed by atoms with Gasteiger partial charge in [0.15, 0.2) is 0 Å². The maximum atomic E-state index is 13.1. The molecule has 2 rings (SSSR count). The molecule has 19 heavy (non-hydrogen) atoms. The average Bonchev–Trinajstić information content (AvgIpc) is 2.75. The summed E-state index contributed by atoms with van der Waals surface area (Å²) in [5.41, 5.74) is 1.26. The number of alkyl halides is 3. The first kappa shape index (κ1) is 14.0. The maximum absolute atomic E-state index is 13.1. The standard InChI is InChI=1S/C14H19F3N2/c1-5-9(2)11-6-7-12-10(3)18(4)13(8-19(11)12)14(15,16)17/h6-10H,5H2,1-4H3. The molecule has 0 radical (unpaired) electrons. The molecule has 5 heteroatoms. The molecule has 0 fully saturated rings. The van der Waals surface area contributed by atoms with E-state index in [9.17, 15) is 13.2 Å². The average molecular weight is 272 g/mol. The van der Waals surface area contributed by atoms with Crippen molar-refractivity contribution in [2.45, 2.75) is 45.3 Å². The summed E-state index contributed by atoms with van der Waals surface area (Å²) in [6.07, 6.45) is -2.20. The highest BCUT2D eigenvalue weighted by Gasteiger charge is 2.41. The SMILES string of the molecule is CCC(C)c1ccc2n1C=C(C(F)(F)F)N(C)C2C. The number of fused-ring (bicyclic) bond motifs is 1. The van der Waals surface area contributed by atoms with Crippen LogP contribution in [0.15, 0.2) is 17.8 Å². The van der Waals surface area contributed by atoms with Gasteiger partial charge in [0.1, 0.15) is 5.70 Å². The Morgan fingerprint density at radius 3 is 2.47 bits per heavy atom. The number of rotatable bonds is 2. The van der Waals surface area contributed by atoms with E-state index in [2.05, 4.69) is 0 Å². The van der Waals surface area contributed by atoms with Crippen molar-refractivity contribution in [2.75, 3.05) is 7.05 Å². The third kappa shape index (κ3) is 2.26. The highest BCUT2D eigenvalue weighted by atomic mass is 19.4. The number of hydrogen-bond acceptors (Lipinski definition) is 1. The van der Waals surface area contributed by atoms with Gasteiger partial charge in [0.05, 0.1) is 6.04 Å². The zero-order valence-corrected chi connectivity index (χ0v) is 11.6. The molecule has 0 aromatic carbocycles. The van der Waals surface area contributed by atoms with Crippen LogP contribution in [0.25, 0.3) is 6.20 Å². The van der Waals surface area contributed by atoms with E-state index in [4.69, 9.17) is 0 Å². The number of hydrogen-bond donors (Lipinski definition) is 0. The lowest BCUT2D eigenvalue weighted by atomic mass is 10.1. The monoisotopic (exact) mass is 272 g/mol. The molecule has 1 aliphatic heterocycles. The van der Waals surface area contributed by atoms with E-state index in [1.165, 1.54) is 18.1 Å². The van der Waals surface area contributed by atoms with Crippen LogP contribution < -0.4 is 0 Å². The Balaban J connectivity index is 2.56. The smallest absolute Gasteiger partial charge is 0.361 e. The van der Waals surface area contributed by atoms with E-state index in [1.807, 2.05) is 26.0 Å². The second-order valence-electron chi connectivity index (χ2n) is 5.16. The first-order valence-electron chi connectivity index (χ1n) is 6.50. The quantitative estimate of drug-likeness (QED) is 0.776. The number of aromatic nitrogens is 1. The number of halogens is 3. The molecule has 2 atom stereocenters. The van der Waals surface area contributed by atoms with Gasteiger partial charge in [-0.15, -0.1) is 0 Å². The lowest BCUT2D eigenvalue weighted by Gasteiger charge is -2.35. The molecule has 1 aromatic rings. The Bertz CT molecular complexity index is 499. The van der Waals surface area contributed by atoms with Gasteiger partial charge >= 0.3 is 6.18 Å². The van der Waals surface area contributed by atoms with Crippen LogP contribution in [-0.2, 0) is 0 Å². The van der Waals surface area contributed by atoms with Crippen molar-refractivity contribution in [3.8, 4) is 0 Å². The summed E-state index contributed by atoms with van der Waals surface area (Å²) in [5.74, 6) is 0.245. The number of allylic oxidation sites excluding steroid dienone is 1. The fourth-order valence-electron chi connectivity index (χ4n) is 2.47. The molecule has 2 heterocycles. The van der Waals surface area contributed by atoms with Gasteiger partial charge in [-0.05, 0) is 31.4 Å². The van der Waals surface area contributed by atoms with E-state index in [1.54, 1.807) is 11.5 Å². The van der Waals surface area contributed by atoms with E-state index < -0.39 is 11.9 Å². The van der Waals surface area contributed by atoms with E-state index >= 15 is 0 Å². The molecule has 0 aliphatic carbocycles. The van der Waals surface area contributed by atoms with E-state index in [0.29, 0.717) is 0 Å². The van der Waals surface area contributed by atoms with Crippen molar-refractivity contribution in [2.24, 2.45) is 0 Å². The van der Waals surface area contributed by atoms with Crippen LogP contribution in [0, 0.1) is 0 Å². The minimum Gasteiger partial charge on any atom is -0.361 e. The molecule has 0 saturated carbocycles. The van der Waals surface area contributed by atoms with Crippen LogP contribution in [0.5, 0.6) is 0 Å². The van der Waals surface area contributed by atoms with Crippen LogP contribution in [0.1, 0.15) is 50.5 Å². The van der Waals surface area contributed by atoms with Crippen LogP contribution >= 0.6 is 0 Å². The Morgan fingerprint density at radius 1 is 1.32 bits per heavy atom. The van der Waals surface area contributed by atoms with Gasteiger partial charge in [-0.3, -0.25) is 0 Å². The second kappa shape index (κ2) is 4.62. The normalized spacial score (nSPS) is 21.1. The minimum absolute atomic E-state index is 0.245. The molecule has 0 amide bonds. The highest BCUT2D eigenvalue weighted by molar-refractivity contribution is 5.44. The van der Waals surface area contributed by atoms with Crippen molar-refractivity contribution in [3.05, 3.63) is 29.2 Å². The van der Waals surface area contributed by atoms with E-state index in [0.717, 1.165) is 17.8 Å². The topological polar surface area (TPSA) is 8.17 Å². The Morgan fingerprint density at radius 2 is 1.95 bits per heavy atom. The molecule has 0 N–H and O–H groups in total. The molecular formula is C14H19F3N2. The maximum Gasteiger partial charge on any atom is 0.432 e. The third-order valence-electron chi connectivity index (χ3n) is 4.03. The minimum atomic E-state index is -4.32. The van der Waals surface area contributed by atoms with Crippen molar-refractivity contribution in [1.29, 1.82) is 0 Å². The fraction of sp³-hybridized carbons (Fsp3) is 0.571. The van der Waals surface area contributed by atoms with Gasteiger partial charge in [0.2, 0.25) is 0 Å². The van der Waals surface area contributed by atoms with Crippen molar-refractivity contribution in [3.63, 3.8) is 0 Å². The zero-order chi connectivity index (χ0) is 14.4. The molecule has 1 aliphatic rings. The summed E-state index contributed by atoms with van der Waals surface area (Å²) >= 11 is 0. The third-order valence-corrected chi connectivity index (χ3v) is 4.03. The van der Waals surface area contributed by atoms with E-state index in [-0.39, 0.29) is 12.0 Å². The highest BCUT2D eigenvalue weighted by Crippen LogP contribution is 2.39. The zero-order valence-electron chi connectivity index (χ0n) is 11.6. The van der Waals surface area contributed by atoms with Gasteiger partial charge in [-0.2, -0.15) is 13.2 Å². The molecular weight excluding hydrogens is 253 g/mol. The fourth-order valence-corrected chi connectivity index (χ4v) is 2.47. The predicted molar refractivity (Wildman–Crippen MR) is 69.6 cm³/mol. The largest absolute Gasteiger partial charge is 0.432 e. The first-order valence-corrected chi connectivity index (χ1v) is 6.50. The summed E-state index contributed by atoms with van der Waals surface area (Å²) in [5, 5.41) is 0. The van der Waals surface area contributed by atoms with Crippen molar-refractivity contribution >= 4 is 6.20 Å². The molecule has 0 saturated heterocycles. The van der Waals surface area contributed by atoms with Gasteiger partial charge in [-0.25, -0.2) is 0 Å². The lowest BCUT2D eigenvalue weighted by molar-refractivity contribution is -0.112. The molecule has 1 aromatic heterocycles. The molecule has 2 unspecified atom stereocenters. The second-order valence-corrected chi connectivity index (χ2v) is 5.16. The molecule has 0 spiro atoms. The Hall–Kier alpha value is -1.39. The van der Waals surface area contributed by atoms with Gasteiger partial charge in [0.25, 0.3) is 0 Å².